The Morgan fingerprint density at radius 1 is 1.43 bits per heavy atom. The number of aliphatic carboxylic acids is 1. The standard InChI is InChI=1S/C16H23NO4/c1-3-13-4-5-14(11-17-6-8-20-9-7-17)15(10-13)21-12(2)16(18)19/h4-5,10,12H,3,6-9,11H2,1-2H3,(H,18,19). The van der Waals surface area contributed by atoms with Gasteiger partial charge in [0, 0.05) is 25.2 Å². The largest absolute Gasteiger partial charge is 0.479 e. The van der Waals surface area contributed by atoms with Crippen molar-refractivity contribution in [3.05, 3.63) is 29.3 Å². The number of benzene rings is 1. The van der Waals surface area contributed by atoms with Crippen LogP contribution in [0.5, 0.6) is 5.75 Å². The van der Waals surface area contributed by atoms with Gasteiger partial charge in [-0.3, -0.25) is 4.90 Å². The highest BCUT2D eigenvalue weighted by Crippen LogP contribution is 2.24. The molecule has 2 rings (SSSR count). The van der Waals surface area contributed by atoms with Crippen LogP contribution in [0.2, 0.25) is 0 Å². The monoisotopic (exact) mass is 293 g/mol. The first-order valence-corrected chi connectivity index (χ1v) is 7.41. The SMILES string of the molecule is CCc1ccc(CN2CCOCC2)c(OC(C)C(=O)O)c1. The van der Waals surface area contributed by atoms with Gasteiger partial charge in [0.2, 0.25) is 0 Å². The van der Waals surface area contributed by atoms with E-state index in [4.69, 9.17) is 14.6 Å². The van der Waals surface area contributed by atoms with E-state index in [2.05, 4.69) is 17.9 Å². The number of carboxylic acids is 1. The first-order chi connectivity index (χ1) is 10.1. The van der Waals surface area contributed by atoms with E-state index in [0.717, 1.165) is 50.4 Å². The maximum Gasteiger partial charge on any atom is 0.344 e. The van der Waals surface area contributed by atoms with Gasteiger partial charge < -0.3 is 14.6 Å². The molecule has 0 aromatic heterocycles. The van der Waals surface area contributed by atoms with Crippen LogP contribution in [0.4, 0.5) is 0 Å². The third kappa shape index (κ3) is 4.44. The Labute approximate surface area is 125 Å². The number of hydrogen-bond donors (Lipinski definition) is 1. The molecule has 1 aliphatic heterocycles. The number of aryl methyl sites for hydroxylation is 1. The van der Waals surface area contributed by atoms with E-state index in [1.807, 2.05) is 12.1 Å². The van der Waals surface area contributed by atoms with Gasteiger partial charge in [0.15, 0.2) is 6.10 Å². The average Bonchev–Trinajstić information content (AvgIpc) is 2.49. The summed E-state index contributed by atoms with van der Waals surface area (Å²) < 4.78 is 11.0. The summed E-state index contributed by atoms with van der Waals surface area (Å²) in [6, 6.07) is 6.07. The van der Waals surface area contributed by atoms with Crippen LogP contribution in [0.1, 0.15) is 25.0 Å². The zero-order valence-electron chi connectivity index (χ0n) is 12.7. The average molecular weight is 293 g/mol. The quantitative estimate of drug-likeness (QED) is 0.868. The van der Waals surface area contributed by atoms with E-state index in [-0.39, 0.29) is 0 Å². The fourth-order valence-corrected chi connectivity index (χ4v) is 2.30. The summed E-state index contributed by atoms with van der Waals surface area (Å²) in [7, 11) is 0. The summed E-state index contributed by atoms with van der Waals surface area (Å²) in [6.45, 7) is 7.66. The number of ether oxygens (including phenoxy) is 2. The molecule has 21 heavy (non-hydrogen) atoms. The van der Waals surface area contributed by atoms with E-state index in [9.17, 15) is 4.79 Å². The van der Waals surface area contributed by atoms with Crippen molar-refractivity contribution in [1.29, 1.82) is 0 Å². The van der Waals surface area contributed by atoms with Crippen LogP contribution in [0.3, 0.4) is 0 Å². The highest BCUT2D eigenvalue weighted by molar-refractivity contribution is 5.72. The lowest BCUT2D eigenvalue weighted by molar-refractivity contribution is -0.144. The number of carboxylic acid groups (broad SMARTS) is 1. The molecule has 1 N–H and O–H groups in total. The van der Waals surface area contributed by atoms with E-state index in [1.54, 1.807) is 6.92 Å². The highest BCUT2D eigenvalue weighted by Gasteiger charge is 2.18. The summed E-state index contributed by atoms with van der Waals surface area (Å²) in [5, 5.41) is 9.03. The Morgan fingerprint density at radius 3 is 2.76 bits per heavy atom. The van der Waals surface area contributed by atoms with Crippen molar-refractivity contribution in [1.82, 2.24) is 4.90 Å². The minimum absolute atomic E-state index is 0.677. The van der Waals surface area contributed by atoms with Gasteiger partial charge in [-0.05, 0) is 25.0 Å². The lowest BCUT2D eigenvalue weighted by atomic mass is 10.1. The zero-order chi connectivity index (χ0) is 15.2. The van der Waals surface area contributed by atoms with Crippen molar-refractivity contribution in [3.8, 4) is 5.75 Å². The molecule has 1 aromatic rings. The molecular formula is C16H23NO4. The minimum atomic E-state index is -0.950. The van der Waals surface area contributed by atoms with Crippen molar-refractivity contribution in [2.45, 2.75) is 32.9 Å². The van der Waals surface area contributed by atoms with Gasteiger partial charge in [0.1, 0.15) is 5.75 Å². The fourth-order valence-electron chi connectivity index (χ4n) is 2.30. The van der Waals surface area contributed by atoms with Gasteiger partial charge in [-0.15, -0.1) is 0 Å². The molecule has 1 fully saturated rings. The number of rotatable bonds is 6. The van der Waals surface area contributed by atoms with Crippen LogP contribution >= 0.6 is 0 Å². The molecule has 1 saturated heterocycles. The molecule has 1 atom stereocenters. The first-order valence-electron chi connectivity index (χ1n) is 7.41. The van der Waals surface area contributed by atoms with Gasteiger partial charge in [-0.1, -0.05) is 19.1 Å². The van der Waals surface area contributed by atoms with Crippen molar-refractivity contribution in [2.75, 3.05) is 26.3 Å². The van der Waals surface area contributed by atoms with E-state index >= 15 is 0 Å². The van der Waals surface area contributed by atoms with Gasteiger partial charge >= 0.3 is 5.97 Å². The summed E-state index contributed by atoms with van der Waals surface area (Å²) in [5.74, 6) is -0.273. The van der Waals surface area contributed by atoms with Crippen LogP contribution in [-0.2, 0) is 22.5 Å². The lowest BCUT2D eigenvalue weighted by Gasteiger charge is -2.27. The maximum absolute atomic E-state index is 11.0. The molecule has 116 valence electrons. The van der Waals surface area contributed by atoms with Crippen molar-refractivity contribution >= 4 is 5.97 Å². The van der Waals surface area contributed by atoms with Gasteiger partial charge in [-0.2, -0.15) is 0 Å². The second-order valence-electron chi connectivity index (χ2n) is 5.28. The second kappa shape index (κ2) is 7.43. The van der Waals surface area contributed by atoms with Crippen molar-refractivity contribution in [2.24, 2.45) is 0 Å². The van der Waals surface area contributed by atoms with Gasteiger partial charge in [0.05, 0.1) is 13.2 Å². The first kappa shape index (κ1) is 15.8. The molecule has 0 aliphatic carbocycles. The van der Waals surface area contributed by atoms with Gasteiger partial charge in [-0.25, -0.2) is 4.79 Å². The number of carbonyl (C=O) groups is 1. The van der Waals surface area contributed by atoms with E-state index in [1.165, 1.54) is 0 Å². The Hall–Kier alpha value is -1.59. The molecule has 0 bridgehead atoms. The maximum atomic E-state index is 11.0. The molecular weight excluding hydrogens is 270 g/mol. The zero-order valence-corrected chi connectivity index (χ0v) is 12.7. The predicted octanol–water partition coefficient (Wildman–Crippen LogP) is 1.93. The van der Waals surface area contributed by atoms with Crippen LogP contribution in [0, 0.1) is 0 Å². The van der Waals surface area contributed by atoms with Crippen molar-refractivity contribution < 1.29 is 19.4 Å². The second-order valence-corrected chi connectivity index (χ2v) is 5.28. The fraction of sp³-hybridized carbons (Fsp3) is 0.562. The van der Waals surface area contributed by atoms with E-state index < -0.39 is 12.1 Å². The Balaban J connectivity index is 2.15. The number of nitrogens with zero attached hydrogens (tertiary/aromatic N) is 1. The molecule has 5 heteroatoms. The van der Waals surface area contributed by atoms with Crippen LogP contribution in [0.15, 0.2) is 18.2 Å². The summed E-state index contributed by atoms with van der Waals surface area (Å²) in [4.78, 5) is 13.3. The molecule has 0 radical (unpaired) electrons. The third-order valence-corrected chi connectivity index (χ3v) is 3.69. The van der Waals surface area contributed by atoms with Crippen LogP contribution in [-0.4, -0.2) is 48.4 Å². The molecule has 1 aliphatic rings. The molecule has 0 amide bonds. The topological polar surface area (TPSA) is 59.0 Å². The van der Waals surface area contributed by atoms with E-state index in [0.29, 0.717) is 5.75 Å². The Bertz CT molecular complexity index is 483. The number of hydrogen-bond acceptors (Lipinski definition) is 4. The molecule has 1 unspecified atom stereocenters. The Kier molecular flexibility index (Phi) is 5.59. The smallest absolute Gasteiger partial charge is 0.344 e. The molecule has 1 aromatic carbocycles. The van der Waals surface area contributed by atoms with Crippen molar-refractivity contribution in [3.63, 3.8) is 0 Å². The third-order valence-electron chi connectivity index (χ3n) is 3.69. The summed E-state index contributed by atoms with van der Waals surface area (Å²) >= 11 is 0. The van der Waals surface area contributed by atoms with Crippen LogP contribution in [0.25, 0.3) is 0 Å². The normalized spacial score (nSPS) is 17.4. The predicted molar refractivity (Wildman–Crippen MR) is 79.6 cm³/mol. The highest BCUT2D eigenvalue weighted by atomic mass is 16.5. The molecule has 0 spiro atoms. The molecule has 1 heterocycles. The number of morpholine rings is 1. The molecule has 5 nitrogen and oxygen atoms in total. The Morgan fingerprint density at radius 2 is 2.14 bits per heavy atom. The van der Waals surface area contributed by atoms with Gasteiger partial charge in [0.25, 0.3) is 0 Å². The summed E-state index contributed by atoms with van der Waals surface area (Å²) in [5.41, 5.74) is 2.18. The molecule has 0 saturated carbocycles. The summed E-state index contributed by atoms with van der Waals surface area (Å²) in [6.07, 6.45) is 0.0517. The lowest BCUT2D eigenvalue weighted by Crippen LogP contribution is -2.36. The van der Waals surface area contributed by atoms with Crippen LogP contribution < -0.4 is 4.74 Å². The minimum Gasteiger partial charge on any atom is -0.479 e.